The molecule has 2 amide bonds. The molecular formula is C25H27N3O3. The van der Waals surface area contributed by atoms with E-state index in [9.17, 15) is 9.59 Å². The molecule has 0 radical (unpaired) electrons. The summed E-state index contributed by atoms with van der Waals surface area (Å²) >= 11 is 0. The van der Waals surface area contributed by atoms with Crippen molar-refractivity contribution in [2.75, 3.05) is 32.8 Å². The molecule has 6 nitrogen and oxygen atoms in total. The van der Waals surface area contributed by atoms with E-state index in [0.717, 1.165) is 35.1 Å². The van der Waals surface area contributed by atoms with E-state index in [4.69, 9.17) is 4.74 Å². The van der Waals surface area contributed by atoms with Crippen LogP contribution in [0, 0.1) is 0 Å². The van der Waals surface area contributed by atoms with Gasteiger partial charge in [0.1, 0.15) is 5.75 Å². The van der Waals surface area contributed by atoms with E-state index in [1.807, 2.05) is 41.4 Å². The molecule has 3 aromatic rings. The lowest BCUT2D eigenvalue weighted by atomic mass is 10.1. The number of carbonyl (C=O) groups is 2. The first-order valence-electron chi connectivity index (χ1n) is 11.0. The number of benzene rings is 2. The van der Waals surface area contributed by atoms with E-state index in [1.165, 1.54) is 17.5 Å². The molecule has 1 aliphatic heterocycles. The molecule has 0 bridgehead atoms. The van der Waals surface area contributed by atoms with Crippen LogP contribution in [0.4, 0.5) is 0 Å². The van der Waals surface area contributed by atoms with Crippen LogP contribution in [0.3, 0.4) is 0 Å². The first-order chi connectivity index (χ1) is 15.2. The Kier molecular flexibility index (Phi) is 5.37. The number of nitrogens with zero attached hydrogens (tertiary/aromatic N) is 2. The topological polar surface area (TPSA) is 65.6 Å². The van der Waals surface area contributed by atoms with Crippen LogP contribution in [0.5, 0.6) is 5.75 Å². The van der Waals surface area contributed by atoms with Crippen LogP contribution in [0.25, 0.3) is 10.9 Å². The van der Waals surface area contributed by atoms with Gasteiger partial charge in [-0.25, -0.2) is 0 Å². The number of ether oxygens (including phenoxy) is 1. The zero-order valence-electron chi connectivity index (χ0n) is 17.6. The quantitative estimate of drug-likeness (QED) is 0.694. The van der Waals surface area contributed by atoms with Gasteiger partial charge in [0.15, 0.2) is 6.61 Å². The number of piperazine rings is 1. The maximum Gasteiger partial charge on any atom is 0.260 e. The fraction of sp³-hybridized carbons (Fsp3) is 0.360. The minimum Gasteiger partial charge on any atom is -0.484 e. The summed E-state index contributed by atoms with van der Waals surface area (Å²) in [4.78, 5) is 32.2. The van der Waals surface area contributed by atoms with Crippen LogP contribution in [0.1, 0.15) is 23.1 Å². The number of carbonyl (C=O) groups excluding carboxylic acids is 2. The van der Waals surface area contributed by atoms with Crippen LogP contribution in [-0.4, -0.2) is 59.4 Å². The first-order valence-corrected chi connectivity index (χ1v) is 11.0. The fourth-order valence-electron chi connectivity index (χ4n) is 4.63. The molecule has 0 atom stereocenters. The molecule has 2 aromatic carbocycles. The zero-order chi connectivity index (χ0) is 21.2. The number of fused-ring (bicyclic) bond motifs is 2. The third-order valence-corrected chi connectivity index (χ3v) is 6.43. The Morgan fingerprint density at radius 2 is 1.65 bits per heavy atom. The minimum atomic E-state index is -0.0239. The van der Waals surface area contributed by atoms with Crippen molar-refractivity contribution in [2.24, 2.45) is 0 Å². The standard InChI is InChI=1S/C25H27N3O3/c29-24(15-20-16-26-23-7-2-1-6-22(20)23)27-10-12-28(13-11-27)25(30)17-31-21-9-8-18-4-3-5-19(18)14-21/h1-2,6-9,14,16,26H,3-5,10-13,15,17H2. The number of H-pyrrole nitrogens is 1. The van der Waals surface area contributed by atoms with Crippen molar-refractivity contribution in [3.63, 3.8) is 0 Å². The second kappa shape index (κ2) is 8.46. The zero-order valence-corrected chi connectivity index (χ0v) is 17.6. The van der Waals surface area contributed by atoms with Gasteiger partial charge in [0.05, 0.1) is 6.42 Å². The summed E-state index contributed by atoms with van der Waals surface area (Å²) < 4.78 is 5.76. The van der Waals surface area contributed by atoms with Crippen molar-refractivity contribution in [3.05, 3.63) is 65.4 Å². The third-order valence-electron chi connectivity index (χ3n) is 6.43. The largest absolute Gasteiger partial charge is 0.484 e. The highest BCUT2D eigenvalue weighted by Crippen LogP contribution is 2.26. The van der Waals surface area contributed by atoms with Gasteiger partial charge in [-0.2, -0.15) is 0 Å². The number of nitrogens with one attached hydrogen (secondary N) is 1. The summed E-state index contributed by atoms with van der Waals surface area (Å²) in [6, 6.07) is 14.1. The number of aryl methyl sites for hydroxylation is 2. The van der Waals surface area contributed by atoms with E-state index in [2.05, 4.69) is 17.1 Å². The van der Waals surface area contributed by atoms with Crippen molar-refractivity contribution in [1.82, 2.24) is 14.8 Å². The van der Waals surface area contributed by atoms with Gasteiger partial charge >= 0.3 is 0 Å². The van der Waals surface area contributed by atoms with E-state index in [-0.39, 0.29) is 18.4 Å². The highest BCUT2D eigenvalue weighted by molar-refractivity contribution is 5.89. The van der Waals surface area contributed by atoms with Gasteiger partial charge in [-0.1, -0.05) is 24.3 Å². The lowest BCUT2D eigenvalue weighted by Gasteiger charge is -2.34. The molecule has 6 heteroatoms. The van der Waals surface area contributed by atoms with Crippen LogP contribution in [0.2, 0.25) is 0 Å². The maximum atomic E-state index is 12.8. The van der Waals surface area contributed by atoms with Crippen LogP contribution in [-0.2, 0) is 28.9 Å². The third kappa shape index (κ3) is 4.15. The number of aromatic nitrogens is 1. The number of aromatic amines is 1. The maximum absolute atomic E-state index is 12.8. The Morgan fingerprint density at radius 3 is 2.48 bits per heavy atom. The Hall–Kier alpha value is -3.28. The van der Waals surface area contributed by atoms with Gasteiger partial charge in [-0.3, -0.25) is 9.59 Å². The monoisotopic (exact) mass is 417 g/mol. The summed E-state index contributed by atoms with van der Waals surface area (Å²) in [6.07, 6.45) is 5.71. The molecule has 2 aliphatic rings. The van der Waals surface area contributed by atoms with Crippen molar-refractivity contribution in [1.29, 1.82) is 0 Å². The molecule has 0 unspecified atom stereocenters. The molecule has 1 fully saturated rings. The van der Waals surface area contributed by atoms with E-state index in [1.54, 1.807) is 4.90 Å². The summed E-state index contributed by atoms with van der Waals surface area (Å²) in [5, 5.41) is 1.09. The molecule has 1 saturated heterocycles. The van der Waals surface area contributed by atoms with E-state index < -0.39 is 0 Å². The molecule has 0 saturated carbocycles. The summed E-state index contributed by atoms with van der Waals surface area (Å²) in [6.45, 7) is 2.26. The van der Waals surface area contributed by atoms with Crippen molar-refractivity contribution in [3.8, 4) is 5.75 Å². The highest BCUT2D eigenvalue weighted by atomic mass is 16.5. The fourth-order valence-corrected chi connectivity index (χ4v) is 4.63. The number of rotatable bonds is 5. The van der Waals surface area contributed by atoms with Gasteiger partial charge in [0, 0.05) is 43.3 Å². The lowest BCUT2D eigenvalue weighted by molar-refractivity contribution is -0.140. The van der Waals surface area contributed by atoms with Gasteiger partial charge in [-0.05, 0) is 54.2 Å². The Bertz CT molecular complexity index is 1110. The average molecular weight is 418 g/mol. The molecule has 1 aliphatic carbocycles. The Balaban J connectivity index is 1.11. The molecule has 31 heavy (non-hydrogen) atoms. The molecule has 2 heterocycles. The Morgan fingerprint density at radius 1 is 0.903 bits per heavy atom. The van der Waals surface area contributed by atoms with Crippen LogP contribution < -0.4 is 4.74 Å². The highest BCUT2D eigenvalue weighted by Gasteiger charge is 2.25. The number of amides is 2. The summed E-state index contributed by atoms with van der Waals surface area (Å²) in [5.41, 5.74) is 4.80. The number of hydrogen-bond donors (Lipinski definition) is 1. The average Bonchev–Trinajstić information content (AvgIpc) is 3.44. The Labute approximate surface area is 181 Å². The van der Waals surface area contributed by atoms with E-state index >= 15 is 0 Å². The number of para-hydroxylation sites is 1. The molecule has 160 valence electrons. The van der Waals surface area contributed by atoms with Gasteiger partial charge in [-0.15, -0.1) is 0 Å². The second-order valence-corrected chi connectivity index (χ2v) is 8.37. The smallest absolute Gasteiger partial charge is 0.260 e. The van der Waals surface area contributed by atoms with Crippen molar-refractivity contribution in [2.45, 2.75) is 25.7 Å². The van der Waals surface area contributed by atoms with Gasteiger partial charge < -0.3 is 19.5 Å². The summed E-state index contributed by atoms with van der Waals surface area (Å²) in [5.74, 6) is 0.844. The van der Waals surface area contributed by atoms with Gasteiger partial charge in [0.25, 0.3) is 5.91 Å². The molecule has 1 aromatic heterocycles. The van der Waals surface area contributed by atoms with Crippen LogP contribution >= 0.6 is 0 Å². The molecule has 1 N–H and O–H groups in total. The predicted molar refractivity (Wildman–Crippen MR) is 119 cm³/mol. The normalized spacial score (nSPS) is 15.9. The minimum absolute atomic E-state index is 0.0239. The van der Waals surface area contributed by atoms with Crippen molar-refractivity contribution >= 4 is 22.7 Å². The molecule has 0 spiro atoms. The first kappa shape index (κ1) is 19.7. The number of hydrogen-bond acceptors (Lipinski definition) is 3. The lowest BCUT2D eigenvalue weighted by Crippen LogP contribution is -2.52. The molecule has 5 rings (SSSR count). The molecular weight excluding hydrogens is 390 g/mol. The second-order valence-electron chi connectivity index (χ2n) is 8.37. The van der Waals surface area contributed by atoms with Crippen LogP contribution in [0.15, 0.2) is 48.7 Å². The van der Waals surface area contributed by atoms with Gasteiger partial charge in [0.2, 0.25) is 5.91 Å². The van der Waals surface area contributed by atoms with E-state index in [0.29, 0.717) is 32.6 Å². The van der Waals surface area contributed by atoms with Crippen molar-refractivity contribution < 1.29 is 14.3 Å². The summed E-state index contributed by atoms with van der Waals surface area (Å²) in [7, 11) is 0. The SMILES string of the molecule is O=C(COc1ccc2c(c1)CCC2)N1CCN(C(=O)Cc2c[nH]c3ccccc23)CC1. The predicted octanol–water partition coefficient (Wildman–Crippen LogP) is 2.95.